The summed E-state index contributed by atoms with van der Waals surface area (Å²) in [6.07, 6.45) is 1.77. The van der Waals surface area contributed by atoms with Crippen LogP contribution < -0.4 is 21.5 Å². The number of halogens is 1. The van der Waals surface area contributed by atoms with E-state index in [-0.39, 0.29) is 0 Å². The first kappa shape index (κ1) is 22.4. The van der Waals surface area contributed by atoms with Crippen LogP contribution in [0.15, 0.2) is 27.8 Å². The molecule has 1 aliphatic rings. The van der Waals surface area contributed by atoms with Crippen LogP contribution in [0.2, 0.25) is 5.02 Å². The highest BCUT2D eigenvalue weighted by Crippen LogP contribution is 2.30. The van der Waals surface area contributed by atoms with E-state index in [4.69, 9.17) is 21.3 Å². The van der Waals surface area contributed by atoms with Gasteiger partial charge in [0.25, 0.3) is 5.56 Å². The topological polar surface area (TPSA) is 97.2 Å². The fraction of sp³-hybridized carbons (Fsp3) is 0.500. The first-order valence-corrected chi connectivity index (χ1v) is 11.5. The molecule has 2 aromatic heterocycles. The van der Waals surface area contributed by atoms with Crippen molar-refractivity contribution in [3.05, 3.63) is 49.9 Å². The Labute approximate surface area is 191 Å². The molecule has 4 rings (SSSR count). The van der Waals surface area contributed by atoms with Gasteiger partial charge in [0.2, 0.25) is 0 Å². The predicted molar refractivity (Wildman–Crippen MR) is 127 cm³/mol. The minimum Gasteiger partial charge on any atom is -0.378 e. The maximum absolute atomic E-state index is 12.6. The Morgan fingerprint density at radius 2 is 1.97 bits per heavy atom. The first-order chi connectivity index (χ1) is 15.5. The van der Waals surface area contributed by atoms with Gasteiger partial charge < -0.3 is 19.5 Å². The summed E-state index contributed by atoms with van der Waals surface area (Å²) in [7, 11) is 0. The standard InChI is InChI=1S/C22H29ClN6O3/c1-3-5-8-29-20-19(21(30)26-22(29)31)28(4-2)18(25-20)14-24-16-13-15(23)6-7-17(16)27-9-11-32-12-10-27/h6-7,13,24H,3-5,8-12,14H2,1-2H3,(H,26,30,31). The van der Waals surface area contributed by atoms with Crippen molar-refractivity contribution in [2.75, 3.05) is 36.5 Å². The third-order valence-electron chi connectivity index (χ3n) is 5.76. The molecule has 32 heavy (non-hydrogen) atoms. The number of rotatable bonds is 8. The number of aryl methyl sites for hydroxylation is 2. The second kappa shape index (κ2) is 9.79. The average molecular weight is 461 g/mol. The summed E-state index contributed by atoms with van der Waals surface area (Å²) in [5, 5.41) is 4.09. The summed E-state index contributed by atoms with van der Waals surface area (Å²) in [5.41, 5.74) is 1.99. The zero-order valence-electron chi connectivity index (χ0n) is 18.5. The lowest BCUT2D eigenvalue weighted by molar-refractivity contribution is 0.123. The van der Waals surface area contributed by atoms with E-state index < -0.39 is 11.2 Å². The van der Waals surface area contributed by atoms with Gasteiger partial charge >= 0.3 is 5.69 Å². The molecule has 1 aliphatic heterocycles. The van der Waals surface area contributed by atoms with Gasteiger partial charge in [-0.2, -0.15) is 0 Å². The Bertz CT molecular complexity index is 1210. The smallest absolute Gasteiger partial charge is 0.330 e. The lowest BCUT2D eigenvalue weighted by Crippen LogP contribution is -2.36. The number of hydrogen-bond donors (Lipinski definition) is 2. The number of ether oxygens (including phenoxy) is 1. The van der Waals surface area contributed by atoms with Crippen molar-refractivity contribution in [1.29, 1.82) is 0 Å². The summed E-state index contributed by atoms with van der Waals surface area (Å²) >= 11 is 6.28. The van der Waals surface area contributed by atoms with Gasteiger partial charge in [-0.3, -0.25) is 14.3 Å². The van der Waals surface area contributed by atoms with Crippen molar-refractivity contribution < 1.29 is 4.74 Å². The molecule has 3 aromatic rings. The number of fused-ring (bicyclic) bond motifs is 1. The van der Waals surface area contributed by atoms with Gasteiger partial charge in [0.15, 0.2) is 11.2 Å². The number of nitrogens with zero attached hydrogens (tertiary/aromatic N) is 4. The molecular formula is C22H29ClN6O3. The number of morpholine rings is 1. The largest absolute Gasteiger partial charge is 0.378 e. The van der Waals surface area contributed by atoms with E-state index >= 15 is 0 Å². The van der Waals surface area contributed by atoms with Crippen molar-refractivity contribution in [2.45, 2.75) is 46.3 Å². The molecule has 172 valence electrons. The summed E-state index contributed by atoms with van der Waals surface area (Å²) < 4.78 is 8.90. The minimum atomic E-state index is -0.416. The Morgan fingerprint density at radius 3 is 2.69 bits per heavy atom. The SMILES string of the molecule is CCCCn1c(=O)[nH]c(=O)c2c1nc(CNc1cc(Cl)ccc1N1CCOCC1)n2CC. The quantitative estimate of drug-likeness (QED) is 0.536. The fourth-order valence-electron chi connectivity index (χ4n) is 4.12. The van der Waals surface area contributed by atoms with Crippen LogP contribution in [-0.2, 0) is 24.4 Å². The van der Waals surface area contributed by atoms with Crippen LogP contribution in [0.4, 0.5) is 11.4 Å². The summed E-state index contributed by atoms with van der Waals surface area (Å²) in [6, 6.07) is 5.78. The third kappa shape index (κ3) is 4.40. The fourth-order valence-corrected chi connectivity index (χ4v) is 4.29. The number of nitrogens with one attached hydrogen (secondary N) is 2. The molecule has 0 atom stereocenters. The van der Waals surface area contributed by atoms with E-state index in [2.05, 4.69) is 22.1 Å². The van der Waals surface area contributed by atoms with Crippen LogP contribution in [0.3, 0.4) is 0 Å². The van der Waals surface area contributed by atoms with Crippen LogP contribution in [0, 0.1) is 0 Å². The second-order valence-corrected chi connectivity index (χ2v) is 8.26. The van der Waals surface area contributed by atoms with Gasteiger partial charge in [-0.15, -0.1) is 0 Å². The highest BCUT2D eigenvalue weighted by Gasteiger charge is 2.19. The lowest BCUT2D eigenvalue weighted by atomic mass is 10.2. The van der Waals surface area contributed by atoms with E-state index in [1.165, 1.54) is 0 Å². The number of H-pyrrole nitrogens is 1. The Balaban J connectivity index is 1.70. The molecule has 0 saturated carbocycles. The minimum absolute atomic E-state index is 0.390. The highest BCUT2D eigenvalue weighted by atomic mass is 35.5. The number of imidazole rings is 1. The monoisotopic (exact) mass is 460 g/mol. The van der Waals surface area contributed by atoms with Gasteiger partial charge in [-0.1, -0.05) is 24.9 Å². The zero-order valence-corrected chi connectivity index (χ0v) is 19.2. The molecule has 1 aromatic carbocycles. The summed E-state index contributed by atoms with van der Waals surface area (Å²) in [6.45, 7) is 8.49. The number of aromatic nitrogens is 4. The number of unbranched alkanes of at least 4 members (excludes halogenated alkanes) is 1. The predicted octanol–water partition coefficient (Wildman–Crippen LogP) is 2.81. The van der Waals surface area contributed by atoms with Crippen LogP contribution in [0.25, 0.3) is 11.2 Å². The van der Waals surface area contributed by atoms with E-state index in [9.17, 15) is 9.59 Å². The molecule has 0 aliphatic carbocycles. The van der Waals surface area contributed by atoms with Crippen molar-refractivity contribution in [3.8, 4) is 0 Å². The van der Waals surface area contributed by atoms with Crippen LogP contribution in [0.5, 0.6) is 0 Å². The number of hydrogen-bond acceptors (Lipinski definition) is 6. The molecule has 0 unspecified atom stereocenters. The molecule has 1 saturated heterocycles. The lowest BCUT2D eigenvalue weighted by Gasteiger charge is -2.30. The third-order valence-corrected chi connectivity index (χ3v) is 6.00. The van der Waals surface area contributed by atoms with E-state index in [0.29, 0.717) is 54.9 Å². The van der Waals surface area contributed by atoms with Crippen molar-refractivity contribution >= 4 is 34.1 Å². The Kier molecular flexibility index (Phi) is 6.86. The van der Waals surface area contributed by atoms with Crippen LogP contribution in [0.1, 0.15) is 32.5 Å². The summed E-state index contributed by atoms with van der Waals surface area (Å²) in [5.74, 6) is 0.691. The Morgan fingerprint density at radius 1 is 1.19 bits per heavy atom. The number of anilines is 2. The molecule has 2 N–H and O–H groups in total. The molecule has 3 heterocycles. The maximum Gasteiger partial charge on any atom is 0.330 e. The summed E-state index contributed by atoms with van der Waals surface area (Å²) in [4.78, 5) is 34.5. The van der Waals surface area contributed by atoms with E-state index in [0.717, 1.165) is 37.3 Å². The molecule has 10 heteroatoms. The molecular weight excluding hydrogens is 432 g/mol. The van der Waals surface area contributed by atoms with Gasteiger partial charge in [-0.05, 0) is 31.5 Å². The van der Waals surface area contributed by atoms with E-state index in [1.54, 1.807) is 4.57 Å². The van der Waals surface area contributed by atoms with Gasteiger partial charge in [0, 0.05) is 31.2 Å². The van der Waals surface area contributed by atoms with Gasteiger partial charge in [-0.25, -0.2) is 9.78 Å². The van der Waals surface area contributed by atoms with Gasteiger partial charge in [0.05, 0.1) is 31.1 Å². The first-order valence-electron chi connectivity index (χ1n) is 11.1. The van der Waals surface area contributed by atoms with Crippen LogP contribution in [-0.4, -0.2) is 45.4 Å². The normalized spacial score (nSPS) is 14.3. The molecule has 9 nitrogen and oxygen atoms in total. The van der Waals surface area contributed by atoms with Crippen LogP contribution >= 0.6 is 11.6 Å². The van der Waals surface area contributed by atoms with Crippen molar-refractivity contribution in [2.24, 2.45) is 0 Å². The maximum atomic E-state index is 12.6. The second-order valence-electron chi connectivity index (χ2n) is 7.82. The zero-order chi connectivity index (χ0) is 22.7. The highest BCUT2D eigenvalue weighted by molar-refractivity contribution is 6.31. The number of aromatic amines is 1. The Hall–Kier alpha value is -2.78. The molecule has 0 spiro atoms. The van der Waals surface area contributed by atoms with Crippen molar-refractivity contribution in [1.82, 2.24) is 19.1 Å². The number of benzene rings is 1. The molecule has 1 fully saturated rings. The molecule has 0 radical (unpaired) electrons. The molecule has 0 amide bonds. The molecule has 0 bridgehead atoms. The van der Waals surface area contributed by atoms with Crippen molar-refractivity contribution in [3.63, 3.8) is 0 Å². The van der Waals surface area contributed by atoms with E-state index in [1.807, 2.05) is 29.7 Å². The average Bonchev–Trinajstić information content (AvgIpc) is 3.17. The van der Waals surface area contributed by atoms with Gasteiger partial charge in [0.1, 0.15) is 5.82 Å².